The molecule has 5 aromatic rings. The number of benzene rings is 2. The molecular formula is C39H42F2N6O3. The number of ether oxygens (including phenoxy) is 1. The number of aromatic nitrogens is 3. The van der Waals surface area contributed by atoms with Crippen molar-refractivity contribution in [3.63, 3.8) is 0 Å². The van der Waals surface area contributed by atoms with Crippen molar-refractivity contribution in [2.24, 2.45) is 0 Å². The van der Waals surface area contributed by atoms with Gasteiger partial charge in [-0.25, -0.2) is 13.8 Å². The molecule has 2 aliphatic rings. The molecule has 11 heteroatoms. The smallest absolute Gasteiger partial charge is 0.265 e. The summed E-state index contributed by atoms with van der Waals surface area (Å²) in [5, 5.41) is 14.7. The molecule has 9 nitrogen and oxygen atoms in total. The van der Waals surface area contributed by atoms with Gasteiger partial charge >= 0.3 is 0 Å². The molecular weight excluding hydrogens is 638 g/mol. The Morgan fingerprint density at radius 3 is 2.62 bits per heavy atom. The topological polar surface area (TPSA) is 107 Å². The second-order valence-electron chi connectivity index (χ2n) is 13.3. The van der Waals surface area contributed by atoms with Crippen LogP contribution in [-0.4, -0.2) is 70.2 Å². The molecule has 2 aromatic carbocycles. The van der Waals surface area contributed by atoms with E-state index in [0.29, 0.717) is 33.8 Å². The summed E-state index contributed by atoms with van der Waals surface area (Å²) in [6.45, 7) is 7.96. The second kappa shape index (κ2) is 13.9. The van der Waals surface area contributed by atoms with Crippen LogP contribution in [0, 0.1) is 11.6 Å². The fraction of sp³-hybridized carbons (Fsp3) is 0.359. The highest BCUT2D eigenvalue weighted by atomic mass is 19.1. The Morgan fingerprint density at radius 1 is 1.10 bits per heavy atom. The third-order valence-electron chi connectivity index (χ3n) is 10.1. The summed E-state index contributed by atoms with van der Waals surface area (Å²) in [5.74, 6) is -1.44. The number of rotatable bonds is 11. The lowest BCUT2D eigenvalue weighted by Crippen LogP contribution is -2.38. The van der Waals surface area contributed by atoms with Gasteiger partial charge in [0.1, 0.15) is 35.2 Å². The molecule has 7 rings (SSSR count). The molecule has 2 atom stereocenters. The number of carbonyl (C=O) groups is 1. The summed E-state index contributed by atoms with van der Waals surface area (Å²) in [5.41, 5.74) is 5.25. The normalized spacial score (nSPS) is 16.0. The Balaban J connectivity index is 1.23. The molecule has 50 heavy (non-hydrogen) atoms. The first kappa shape index (κ1) is 33.8. The van der Waals surface area contributed by atoms with Crippen molar-refractivity contribution in [2.45, 2.75) is 58.2 Å². The molecule has 1 aliphatic carbocycles. The number of anilines is 1. The first-order valence-electron chi connectivity index (χ1n) is 17.3. The minimum absolute atomic E-state index is 0.0481. The second-order valence-corrected chi connectivity index (χ2v) is 13.3. The van der Waals surface area contributed by atoms with E-state index in [-0.39, 0.29) is 42.1 Å². The highest BCUT2D eigenvalue weighted by molar-refractivity contribution is 6.09. The maximum atomic E-state index is 15.5. The number of aliphatic hydroxyl groups is 1. The van der Waals surface area contributed by atoms with Crippen LogP contribution in [0.5, 0.6) is 5.75 Å². The van der Waals surface area contributed by atoms with Crippen LogP contribution in [0.1, 0.15) is 72.6 Å². The van der Waals surface area contributed by atoms with Crippen molar-refractivity contribution < 1.29 is 23.4 Å². The van der Waals surface area contributed by atoms with Gasteiger partial charge in [-0.1, -0.05) is 13.0 Å². The van der Waals surface area contributed by atoms with Gasteiger partial charge in [0, 0.05) is 42.0 Å². The van der Waals surface area contributed by atoms with E-state index >= 15 is 8.78 Å². The van der Waals surface area contributed by atoms with Crippen molar-refractivity contribution in [1.82, 2.24) is 25.2 Å². The third-order valence-corrected chi connectivity index (χ3v) is 10.1. The molecule has 4 heterocycles. The maximum absolute atomic E-state index is 15.5. The number of fused-ring (bicyclic) bond motifs is 2. The van der Waals surface area contributed by atoms with Crippen LogP contribution in [-0.2, 0) is 6.61 Å². The van der Waals surface area contributed by atoms with Gasteiger partial charge in [0.15, 0.2) is 0 Å². The van der Waals surface area contributed by atoms with Gasteiger partial charge in [0.2, 0.25) is 0 Å². The van der Waals surface area contributed by atoms with Crippen molar-refractivity contribution in [3.8, 4) is 28.3 Å². The van der Waals surface area contributed by atoms with Crippen LogP contribution in [0.4, 0.5) is 14.5 Å². The number of nitrogens with one attached hydrogen (secondary N) is 2. The van der Waals surface area contributed by atoms with E-state index < -0.39 is 24.1 Å². The Labute approximate surface area is 290 Å². The van der Waals surface area contributed by atoms with Crippen LogP contribution in [0.15, 0.2) is 60.9 Å². The zero-order valence-corrected chi connectivity index (χ0v) is 28.8. The summed E-state index contributed by atoms with van der Waals surface area (Å²) in [6.07, 6.45) is 5.46. The molecule has 0 radical (unpaired) electrons. The minimum atomic E-state index is -0.665. The number of nitrogens with zero attached hydrogens (tertiary/aromatic N) is 4. The quantitative estimate of drug-likeness (QED) is 0.138. The first-order valence-corrected chi connectivity index (χ1v) is 17.3. The van der Waals surface area contributed by atoms with Crippen LogP contribution in [0.25, 0.3) is 33.5 Å². The Bertz CT molecular complexity index is 2040. The summed E-state index contributed by atoms with van der Waals surface area (Å²) >= 11 is 0. The predicted molar refractivity (Wildman–Crippen MR) is 190 cm³/mol. The number of carbonyl (C=O) groups excluding carboxylic acids is 1. The van der Waals surface area contributed by atoms with Gasteiger partial charge in [-0.15, -0.1) is 0 Å². The van der Waals surface area contributed by atoms with E-state index in [1.165, 1.54) is 23.1 Å². The fourth-order valence-electron chi connectivity index (χ4n) is 6.98. The summed E-state index contributed by atoms with van der Waals surface area (Å²) < 4.78 is 36.8. The largest absolute Gasteiger partial charge is 0.491 e. The number of aliphatic hydroxyl groups excluding tert-OH is 1. The SMILES string of the molecule is CCN(CC(C)NC)C(C)c1ccc(-c2cc3c(-c4cc(F)cc(N5CCOc6cc(C7CC7)cc(F)c6C5=O)c4CO)ccnc3[nH]2)nc1. The third kappa shape index (κ3) is 6.36. The molecule has 1 amide bonds. The van der Waals surface area contributed by atoms with Crippen LogP contribution in [0.2, 0.25) is 0 Å². The van der Waals surface area contributed by atoms with Crippen molar-refractivity contribution >= 4 is 22.6 Å². The van der Waals surface area contributed by atoms with Crippen molar-refractivity contribution in [1.29, 1.82) is 0 Å². The van der Waals surface area contributed by atoms with Crippen molar-refractivity contribution in [3.05, 3.63) is 94.8 Å². The van der Waals surface area contributed by atoms with Crippen LogP contribution >= 0.6 is 0 Å². The Morgan fingerprint density at radius 2 is 1.92 bits per heavy atom. The fourth-order valence-corrected chi connectivity index (χ4v) is 6.98. The molecule has 1 saturated carbocycles. The van der Waals surface area contributed by atoms with Gasteiger partial charge in [0.25, 0.3) is 5.91 Å². The monoisotopic (exact) mass is 680 g/mol. The number of amides is 1. The molecule has 260 valence electrons. The van der Waals surface area contributed by atoms with E-state index in [2.05, 4.69) is 47.0 Å². The van der Waals surface area contributed by atoms with Crippen LogP contribution < -0.4 is 15.0 Å². The Hall–Kier alpha value is -4.71. The number of H-pyrrole nitrogens is 1. The number of likely N-dealkylation sites (N-methyl/N-ethyl adjacent to an activating group) is 2. The molecule has 1 fully saturated rings. The predicted octanol–water partition coefficient (Wildman–Crippen LogP) is 6.97. The first-order chi connectivity index (χ1) is 24.2. The molecule has 0 saturated heterocycles. The van der Waals surface area contributed by atoms with E-state index in [0.717, 1.165) is 48.4 Å². The summed E-state index contributed by atoms with van der Waals surface area (Å²) in [4.78, 5) is 30.3. The van der Waals surface area contributed by atoms with E-state index in [9.17, 15) is 9.90 Å². The molecule has 2 unspecified atom stereocenters. The number of aromatic amines is 1. The number of hydrogen-bond acceptors (Lipinski definition) is 7. The summed E-state index contributed by atoms with van der Waals surface area (Å²) in [6, 6.07) is 14.0. The Kier molecular flexibility index (Phi) is 9.38. The van der Waals surface area contributed by atoms with Gasteiger partial charge in [0.05, 0.1) is 30.2 Å². The van der Waals surface area contributed by atoms with Gasteiger partial charge in [-0.05, 0) is 111 Å². The van der Waals surface area contributed by atoms with Gasteiger partial charge in [-0.3, -0.25) is 14.7 Å². The average molecular weight is 681 g/mol. The van der Waals surface area contributed by atoms with Gasteiger partial charge < -0.3 is 25.0 Å². The minimum Gasteiger partial charge on any atom is -0.491 e. The zero-order valence-electron chi connectivity index (χ0n) is 28.8. The molecule has 3 N–H and O–H groups in total. The number of hydrogen-bond donors (Lipinski definition) is 3. The lowest BCUT2D eigenvalue weighted by molar-refractivity contribution is 0.0985. The van der Waals surface area contributed by atoms with Crippen LogP contribution in [0.3, 0.4) is 0 Å². The molecule has 1 aliphatic heterocycles. The van der Waals surface area contributed by atoms with E-state index in [1.807, 2.05) is 25.4 Å². The number of pyridine rings is 2. The van der Waals surface area contributed by atoms with Gasteiger partial charge in [-0.2, -0.15) is 0 Å². The van der Waals surface area contributed by atoms with Crippen molar-refractivity contribution in [2.75, 3.05) is 38.2 Å². The van der Waals surface area contributed by atoms with E-state index in [1.54, 1.807) is 18.3 Å². The molecule has 0 spiro atoms. The highest BCUT2D eigenvalue weighted by Gasteiger charge is 2.33. The number of halogens is 2. The summed E-state index contributed by atoms with van der Waals surface area (Å²) in [7, 11) is 1.97. The zero-order chi connectivity index (χ0) is 35.1. The highest BCUT2D eigenvalue weighted by Crippen LogP contribution is 2.44. The average Bonchev–Trinajstić information content (AvgIpc) is 3.91. The lowest BCUT2D eigenvalue weighted by atomic mass is 9.95. The standard InChI is InChI=1S/C39H42F2N6O3/c1-5-46(20-22(2)42-4)23(3)25-8-9-33(44-19-25)34-18-30-28(10-11-43-38(30)45-34)29-16-27(40)17-35(31(29)21-48)47-12-13-50-36-15-26(24-6-7-24)14-32(41)37(36)39(47)49/h8-11,14-19,22-24,42,48H,5-7,12-13,20-21H2,1-4H3,(H,43,45). The lowest BCUT2D eigenvalue weighted by Gasteiger charge is -2.30. The van der Waals surface area contributed by atoms with E-state index in [4.69, 9.17) is 9.72 Å². The molecule has 0 bridgehead atoms. The maximum Gasteiger partial charge on any atom is 0.265 e. The molecule has 3 aromatic heterocycles.